The Kier molecular flexibility index (Phi) is 4.38. The predicted octanol–water partition coefficient (Wildman–Crippen LogP) is 2.76. The summed E-state index contributed by atoms with van der Waals surface area (Å²) in [6.45, 7) is 10.5. The minimum Gasteiger partial charge on any atom is -0.338 e. The van der Waals surface area contributed by atoms with Crippen LogP contribution >= 0.6 is 11.8 Å². The highest BCUT2D eigenvalue weighted by molar-refractivity contribution is 7.99. The molecule has 0 spiro atoms. The number of aromatic nitrogens is 2. The molecule has 0 aliphatic carbocycles. The van der Waals surface area contributed by atoms with Crippen LogP contribution in [0.1, 0.15) is 52.4 Å². The lowest BCUT2D eigenvalue weighted by Gasteiger charge is -2.23. The lowest BCUT2D eigenvalue weighted by molar-refractivity contribution is 0.252. The van der Waals surface area contributed by atoms with Gasteiger partial charge in [-0.05, 0) is 10.7 Å². The van der Waals surface area contributed by atoms with E-state index in [-0.39, 0.29) is 11.5 Å². The van der Waals surface area contributed by atoms with Crippen LogP contribution in [0.15, 0.2) is 4.52 Å². The second kappa shape index (κ2) is 5.19. The molecule has 92 valence electrons. The molecule has 1 aromatic rings. The Hall–Kier alpha value is -0.550. The fraction of sp³-hybridized carbons (Fsp3) is 0.818. The second-order valence-corrected chi connectivity index (χ2v) is 6.82. The molecule has 16 heavy (non-hydrogen) atoms. The molecule has 5 heteroatoms. The molecule has 1 rings (SSSR count). The van der Waals surface area contributed by atoms with Crippen LogP contribution in [-0.4, -0.2) is 15.4 Å². The summed E-state index contributed by atoms with van der Waals surface area (Å²) < 4.78 is 5.19. The zero-order chi connectivity index (χ0) is 12.3. The van der Waals surface area contributed by atoms with Crippen molar-refractivity contribution >= 4 is 11.8 Å². The molecule has 0 aromatic carbocycles. The third-order valence-corrected chi connectivity index (χ3v) is 3.32. The smallest absolute Gasteiger partial charge is 0.244 e. The summed E-state index contributed by atoms with van der Waals surface area (Å²) >= 11 is 1.79. The highest BCUT2D eigenvalue weighted by atomic mass is 32.2. The molecule has 0 saturated heterocycles. The van der Waals surface area contributed by atoms with Gasteiger partial charge in [0.15, 0.2) is 5.82 Å². The highest BCUT2D eigenvalue weighted by Gasteiger charge is 2.27. The Labute approximate surface area is 101 Å². The normalized spacial score (nSPS) is 14.4. The van der Waals surface area contributed by atoms with Gasteiger partial charge >= 0.3 is 0 Å². The molecule has 1 heterocycles. The van der Waals surface area contributed by atoms with Crippen LogP contribution in [0.25, 0.3) is 0 Å². The summed E-state index contributed by atoms with van der Waals surface area (Å²) in [7, 11) is 0. The van der Waals surface area contributed by atoms with Gasteiger partial charge in [0.1, 0.15) is 0 Å². The van der Waals surface area contributed by atoms with Gasteiger partial charge in [-0.3, -0.25) is 0 Å². The zero-order valence-electron chi connectivity index (χ0n) is 10.7. The highest BCUT2D eigenvalue weighted by Crippen LogP contribution is 2.29. The quantitative estimate of drug-likeness (QED) is 0.881. The van der Waals surface area contributed by atoms with Crippen LogP contribution in [0, 0.1) is 5.41 Å². The molecular formula is C11H21N3OS. The molecule has 1 aromatic heterocycles. The van der Waals surface area contributed by atoms with E-state index in [1.807, 2.05) is 0 Å². The van der Waals surface area contributed by atoms with Crippen molar-refractivity contribution in [2.24, 2.45) is 11.1 Å². The van der Waals surface area contributed by atoms with Crippen molar-refractivity contribution < 1.29 is 4.52 Å². The first kappa shape index (κ1) is 13.5. The number of hydrogen-bond acceptors (Lipinski definition) is 5. The van der Waals surface area contributed by atoms with E-state index < -0.39 is 0 Å². The van der Waals surface area contributed by atoms with E-state index in [9.17, 15) is 0 Å². The van der Waals surface area contributed by atoms with Gasteiger partial charge in [-0.15, -0.1) is 0 Å². The van der Waals surface area contributed by atoms with Crippen molar-refractivity contribution in [3.05, 3.63) is 11.7 Å². The van der Waals surface area contributed by atoms with E-state index in [2.05, 4.69) is 44.8 Å². The number of nitrogens with two attached hydrogens (primary N) is 1. The average molecular weight is 243 g/mol. The first-order valence-corrected chi connectivity index (χ1v) is 6.55. The van der Waals surface area contributed by atoms with Crippen molar-refractivity contribution in [3.63, 3.8) is 0 Å². The fourth-order valence-electron chi connectivity index (χ4n) is 1.06. The van der Waals surface area contributed by atoms with Gasteiger partial charge in [0.25, 0.3) is 0 Å². The molecule has 0 aliphatic rings. The molecular weight excluding hydrogens is 222 g/mol. The van der Waals surface area contributed by atoms with E-state index in [4.69, 9.17) is 10.3 Å². The molecule has 0 bridgehead atoms. The first-order chi connectivity index (χ1) is 7.30. The third kappa shape index (κ3) is 3.79. The minimum absolute atomic E-state index is 0.0605. The molecule has 2 N–H and O–H groups in total. The summed E-state index contributed by atoms with van der Waals surface area (Å²) in [6, 6.07) is -0.210. The van der Waals surface area contributed by atoms with Gasteiger partial charge in [0.05, 0.1) is 11.8 Å². The first-order valence-electron chi connectivity index (χ1n) is 5.50. The SMILES string of the molecule is CC(C)SCc1noc([C@@H](N)C(C)(C)C)n1. The minimum atomic E-state index is -0.210. The molecule has 0 unspecified atom stereocenters. The lowest BCUT2D eigenvalue weighted by atomic mass is 9.87. The van der Waals surface area contributed by atoms with Gasteiger partial charge in [0.2, 0.25) is 5.89 Å². The lowest BCUT2D eigenvalue weighted by Crippen LogP contribution is -2.26. The van der Waals surface area contributed by atoms with Crippen LogP contribution < -0.4 is 5.73 Å². The van der Waals surface area contributed by atoms with Gasteiger partial charge in [-0.1, -0.05) is 39.8 Å². The van der Waals surface area contributed by atoms with Crippen molar-refractivity contribution in [1.29, 1.82) is 0 Å². The largest absolute Gasteiger partial charge is 0.338 e. The van der Waals surface area contributed by atoms with Gasteiger partial charge in [-0.25, -0.2) is 0 Å². The number of nitrogens with zero attached hydrogens (tertiary/aromatic N) is 2. The van der Waals surface area contributed by atoms with E-state index in [1.54, 1.807) is 11.8 Å². The van der Waals surface area contributed by atoms with Crippen LogP contribution in [0.2, 0.25) is 0 Å². The summed E-state index contributed by atoms with van der Waals surface area (Å²) in [4.78, 5) is 4.32. The molecule has 0 aliphatic heterocycles. The Morgan fingerprint density at radius 3 is 2.50 bits per heavy atom. The Morgan fingerprint density at radius 1 is 1.38 bits per heavy atom. The topological polar surface area (TPSA) is 64.9 Å². The molecule has 0 radical (unpaired) electrons. The van der Waals surface area contributed by atoms with Crippen LogP contribution in [0.4, 0.5) is 0 Å². The Morgan fingerprint density at radius 2 is 2.00 bits per heavy atom. The summed E-state index contributed by atoms with van der Waals surface area (Å²) in [5, 5.41) is 4.50. The van der Waals surface area contributed by atoms with E-state index in [0.29, 0.717) is 11.1 Å². The van der Waals surface area contributed by atoms with Crippen molar-refractivity contribution in [3.8, 4) is 0 Å². The molecule has 1 atom stereocenters. The van der Waals surface area contributed by atoms with Crippen molar-refractivity contribution in [2.45, 2.75) is 51.7 Å². The molecule has 0 amide bonds. The van der Waals surface area contributed by atoms with Crippen molar-refractivity contribution in [2.75, 3.05) is 0 Å². The fourth-order valence-corrected chi connectivity index (χ4v) is 1.66. The maximum atomic E-state index is 6.04. The van der Waals surface area contributed by atoms with Crippen LogP contribution in [0.3, 0.4) is 0 Å². The van der Waals surface area contributed by atoms with Gasteiger partial charge in [0, 0.05) is 0 Å². The van der Waals surface area contributed by atoms with E-state index in [0.717, 1.165) is 11.6 Å². The maximum absolute atomic E-state index is 6.04. The summed E-state index contributed by atoms with van der Waals surface area (Å²) in [6.07, 6.45) is 0. The van der Waals surface area contributed by atoms with Crippen LogP contribution in [-0.2, 0) is 5.75 Å². The molecule has 4 nitrogen and oxygen atoms in total. The molecule has 0 fully saturated rings. The van der Waals surface area contributed by atoms with Gasteiger partial charge in [-0.2, -0.15) is 16.7 Å². The van der Waals surface area contributed by atoms with Crippen LogP contribution in [0.5, 0.6) is 0 Å². The number of rotatable bonds is 4. The summed E-state index contributed by atoms with van der Waals surface area (Å²) in [5.74, 6) is 2.04. The molecule has 0 saturated carbocycles. The Bertz CT molecular complexity index is 330. The van der Waals surface area contributed by atoms with Crippen molar-refractivity contribution in [1.82, 2.24) is 10.1 Å². The second-order valence-electron chi connectivity index (χ2n) is 5.25. The zero-order valence-corrected chi connectivity index (χ0v) is 11.5. The standard InChI is InChI=1S/C11H21N3OS/c1-7(2)16-6-8-13-10(15-14-8)9(12)11(3,4)5/h7,9H,6,12H2,1-5H3/t9-/m1/s1. The monoisotopic (exact) mass is 243 g/mol. The van der Waals surface area contributed by atoms with E-state index in [1.165, 1.54) is 0 Å². The van der Waals surface area contributed by atoms with E-state index >= 15 is 0 Å². The Balaban J connectivity index is 2.64. The maximum Gasteiger partial charge on any atom is 0.244 e. The summed E-state index contributed by atoms with van der Waals surface area (Å²) in [5.41, 5.74) is 5.98. The average Bonchev–Trinajstić information content (AvgIpc) is 2.60. The predicted molar refractivity (Wildman–Crippen MR) is 67.1 cm³/mol. The number of thioether (sulfide) groups is 1. The number of hydrogen-bond donors (Lipinski definition) is 1. The third-order valence-electron chi connectivity index (χ3n) is 2.23. The van der Waals surface area contributed by atoms with Gasteiger partial charge < -0.3 is 10.3 Å².